The summed E-state index contributed by atoms with van der Waals surface area (Å²) in [5.41, 5.74) is 4.17. The van der Waals surface area contributed by atoms with Crippen LogP contribution < -0.4 is 10.2 Å². The van der Waals surface area contributed by atoms with Gasteiger partial charge in [0.25, 0.3) is 0 Å². The molecule has 0 spiro atoms. The zero-order valence-electron chi connectivity index (χ0n) is 11.0. The van der Waals surface area contributed by atoms with Gasteiger partial charge in [-0.3, -0.25) is 4.79 Å². The highest BCUT2D eigenvalue weighted by atomic mass is 16.5. The molecule has 0 aliphatic heterocycles. The molecule has 1 aliphatic rings. The van der Waals surface area contributed by atoms with Crippen LogP contribution in [0.2, 0.25) is 0 Å². The number of aromatic nitrogens is 1. The molecule has 3 nitrogen and oxygen atoms in total. The molecule has 1 N–H and O–H groups in total. The van der Waals surface area contributed by atoms with Crippen molar-refractivity contribution in [1.29, 1.82) is 0 Å². The van der Waals surface area contributed by atoms with E-state index in [1.807, 2.05) is 24.3 Å². The molecule has 0 atom stereocenters. The lowest BCUT2D eigenvalue weighted by molar-refractivity contribution is 0.415. The summed E-state index contributed by atoms with van der Waals surface area (Å²) < 4.78 is 5.15. The molecule has 1 heterocycles. The maximum atomic E-state index is 12.1. The molecule has 0 unspecified atom stereocenters. The normalized spacial score (nSPS) is 13.9. The van der Waals surface area contributed by atoms with E-state index in [0.29, 0.717) is 0 Å². The van der Waals surface area contributed by atoms with Crippen LogP contribution in [-0.2, 0) is 12.8 Å². The number of ether oxygens (including phenoxy) is 1. The first kappa shape index (κ1) is 12.0. The van der Waals surface area contributed by atoms with E-state index in [4.69, 9.17) is 4.74 Å². The van der Waals surface area contributed by atoms with E-state index in [-0.39, 0.29) is 5.43 Å². The molecular weight excluding hydrogens is 238 g/mol. The molecule has 2 aromatic rings. The Hall–Kier alpha value is -2.03. The lowest BCUT2D eigenvalue weighted by Gasteiger charge is -2.16. The number of pyridine rings is 1. The van der Waals surface area contributed by atoms with Gasteiger partial charge < -0.3 is 9.72 Å². The van der Waals surface area contributed by atoms with Gasteiger partial charge in [0.05, 0.1) is 7.11 Å². The van der Waals surface area contributed by atoms with E-state index in [0.717, 1.165) is 53.9 Å². The lowest BCUT2D eigenvalue weighted by Crippen LogP contribution is -2.17. The minimum atomic E-state index is 0.166. The van der Waals surface area contributed by atoms with Gasteiger partial charge in [-0.05, 0) is 55.5 Å². The Labute approximate surface area is 112 Å². The third-order valence-electron chi connectivity index (χ3n) is 3.73. The number of hydrogen-bond donors (Lipinski definition) is 1. The number of rotatable bonds is 2. The van der Waals surface area contributed by atoms with Crippen LogP contribution >= 0.6 is 0 Å². The Balaban J connectivity index is 2.05. The number of fused-ring (bicyclic) bond motifs is 1. The Morgan fingerprint density at radius 2 is 1.84 bits per heavy atom. The third kappa shape index (κ3) is 2.28. The fourth-order valence-corrected chi connectivity index (χ4v) is 2.66. The first-order chi connectivity index (χ1) is 9.28. The quantitative estimate of drug-likeness (QED) is 0.896. The summed E-state index contributed by atoms with van der Waals surface area (Å²) in [5, 5.41) is 0. The van der Waals surface area contributed by atoms with Gasteiger partial charge in [-0.1, -0.05) is 0 Å². The molecule has 3 rings (SSSR count). The van der Waals surface area contributed by atoms with Gasteiger partial charge in [-0.15, -0.1) is 0 Å². The molecule has 0 fully saturated rings. The number of H-pyrrole nitrogens is 1. The first-order valence-electron chi connectivity index (χ1n) is 6.67. The van der Waals surface area contributed by atoms with E-state index in [9.17, 15) is 4.79 Å². The predicted octanol–water partition coefficient (Wildman–Crippen LogP) is 2.93. The van der Waals surface area contributed by atoms with Crippen molar-refractivity contribution in [3.63, 3.8) is 0 Å². The molecule has 98 valence electrons. The minimum Gasteiger partial charge on any atom is -0.497 e. The van der Waals surface area contributed by atoms with E-state index in [2.05, 4.69) is 4.98 Å². The second-order valence-electron chi connectivity index (χ2n) is 4.94. The summed E-state index contributed by atoms with van der Waals surface area (Å²) in [4.78, 5) is 15.6. The molecule has 1 aliphatic carbocycles. The average Bonchev–Trinajstić information content (AvgIpc) is 2.47. The Morgan fingerprint density at radius 3 is 2.58 bits per heavy atom. The van der Waals surface area contributed by atoms with Crippen molar-refractivity contribution in [2.24, 2.45) is 0 Å². The monoisotopic (exact) mass is 255 g/mol. The third-order valence-corrected chi connectivity index (χ3v) is 3.73. The largest absolute Gasteiger partial charge is 0.497 e. The maximum absolute atomic E-state index is 12.1. The van der Waals surface area contributed by atoms with Crippen molar-refractivity contribution in [2.75, 3.05) is 7.11 Å². The molecule has 19 heavy (non-hydrogen) atoms. The standard InChI is InChI=1S/C16H17NO2/c1-19-12-8-6-11(7-9-12)15-10-16(18)13-4-2-3-5-14(13)17-15/h6-10H,2-5H2,1H3,(H,17,18). The summed E-state index contributed by atoms with van der Waals surface area (Å²) in [6, 6.07) is 9.48. The van der Waals surface area contributed by atoms with Crippen LogP contribution in [0, 0.1) is 0 Å². The first-order valence-corrected chi connectivity index (χ1v) is 6.67. The molecular formula is C16H17NO2. The SMILES string of the molecule is COc1ccc(-c2cc(=O)c3c([nH]2)CCCC3)cc1. The minimum absolute atomic E-state index is 0.166. The average molecular weight is 255 g/mol. The van der Waals surface area contributed by atoms with E-state index in [1.165, 1.54) is 0 Å². The van der Waals surface area contributed by atoms with Crippen molar-refractivity contribution in [2.45, 2.75) is 25.7 Å². The van der Waals surface area contributed by atoms with Gasteiger partial charge in [0.2, 0.25) is 0 Å². The molecule has 0 saturated carbocycles. The number of aryl methyl sites for hydroxylation is 1. The van der Waals surface area contributed by atoms with E-state index >= 15 is 0 Å². The van der Waals surface area contributed by atoms with Crippen LogP contribution in [0.5, 0.6) is 5.75 Å². The van der Waals surface area contributed by atoms with Crippen molar-refractivity contribution >= 4 is 0 Å². The number of methoxy groups -OCH3 is 1. The van der Waals surface area contributed by atoms with Crippen molar-refractivity contribution in [3.8, 4) is 17.0 Å². The molecule has 1 aromatic heterocycles. The number of aromatic amines is 1. The van der Waals surface area contributed by atoms with Gasteiger partial charge >= 0.3 is 0 Å². The zero-order valence-corrected chi connectivity index (χ0v) is 11.0. The predicted molar refractivity (Wildman–Crippen MR) is 75.7 cm³/mol. The van der Waals surface area contributed by atoms with Gasteiger partial charge in [-0.2, -0.15) is 0 Å². The summed E-state index contributed by atoms with van der Waals surface area (Å²) in [6.07, 6.45) is 4.18. The highest BCUT2D eigenvalue weighted by Gasteiger charge is 2.14. The number of benzene rings is 1. The summed E-state index contributed by atoms with van der Waals surface area (Å²) >= 11 is 0. The maximum Gasteiger partial charge on any atom is 0.185 e. The summed E-state index contributed by atoms with van der Waals surface area (Å²) in [5.74, 6) is 0.823. The van der Waals surface area contributed by atoms with Crippen molar-refractivity contribution in [3.05, 3.63) is 51.8 Å². The molecule has 0 amide bonds. The molecule has 1 aromatic carbocycles. The van der Waals surface area contributed by atoms with E-state index < -0.39 is 0 Å². The van der Waals surface area contributed by atoms with E-state index in [1.54, 1.807) is 13.2 Å². The Kier molecular flexibility index (Phi) is 3.11. The summed E-state index contributed by atoms with van der Waals surface area (Å²) in [6.45, 7) is 0. The fourth-order valence-electron chi connectivity index (χ4n) is 2.66. The molecule has 3 heteroatoms. The van der Waals surface area contributed by atoms with Crippen LogP contribution in [-0.4, -0.2) is 12.1 Å². The number of hydrogen-bond acceptors (Lipinski definition) is 2. The lowest BCUT2D eigenvalue weighted by atomic mass is 9.95. The van der Waals surface area contributed by atoms with Crippen LogP contribution in [0.1, 0.15) is 24.1 Å². The number of nitrogens with one attached hydrogen (secondary N) is 1. The van der Waals surface area contributed by atoms with Crippen LogP contribution in [0.15, 0.2) is 35.1 Å². The molecule has 0 radical (unpaired) electrons. The second-order valence-corrected chi connectivity index (χ2v) is 4.94. The van der Waals surface area contributed by atoms with Crippen LogP contribution in [0.3, 0.4) is 0 Å². The molecule has 0 saturated heterocycles. The smallest absolute Gasteiger partial charge is 0.185 e. The second kappa shape index (κ2) is 4.92. The highest BCUT2D eigenvalue weighted by molar-refractivity contribution is 5.60. The Bertz CT molecular complexity index is 641. The van der Waals surface area contributed by atoms with Gasteiger partial charge in [0, 0.05) is 23.0 Å². The van der Waals surface area contributed by atoms with Crippen molar-refractivity contribution < 1.29 is 4.74 Å². The highest BCUT2D eigenvalue weighted by Crippen LogP contribution is 2.23. The topological polar surface area (TPSA) is 42.1 Å². The van der Waals surface area contributed by atoms with Gasteiger partial charge in [0.1, 0.15) is 5.75 Å². The summed E-state index contributed by atoms with van der Waals surface area (Å²) in [7, 11) is 1.65. The zero-order chi connectivity index (χ0) is 13.2. The van der Waals surface area contributed by atoms with Crippen molar-refractivity contribution in [1.82, 2.24) is 4.98 Å². The van der Waals surface area contributed by atoms with Crippen LogP contribution in [0.4, 0.5) is 0 Å². The van der Waals surface area contributed by atoms with Crippen LogP contribution in [0.25, 0.3) is 11.3 Å². The Morgan fingerprint density at radius 1 is 1.11 bits per heavy atom. The fraction of sp³-hybridized carbons (Fsp3) is 0.312. The van der Waals surface area contributed by atoms with Gasteiger partial charge in [0.15, 0.2) is 5.43 Å². The van der Waals surface area contributed by atoms with Gasteiger partial charge in [-0.25, -0.2) is 0 Å². The molecule has 0 bridgehead atoms.